The van der Waals surface area contributed by atoms with Gasteiger partial charge in [0.2, 0.25) is 10.0 Å². The second-order valence-corrected chi connectivity index (χ2v) is 12.0. The van der Waals surface area contributed by atoms with Crippen LogP contribution in [0.2, 0.25) is 0 Å². The summed E-state index contributed by atoms with van der Waals surface area (Å²) in [5.74, 6) is 1.98. The summed E-state index contributed by atoms with van der Waals surface area (Å²) >= 11 is 2.56. The van der Waals surface area contributed by atoms with Crippen LogP contribution in [0.15, 0.2) is 14.5 Å². The molecule has 1 aromatic heterocycles. The molecule has 0 saturated heterocycles. The van der Waals surface area contributed by atoms with Crippen molar-refractivity contribution in [2.24, 2.45) is 5.14 Å². The van der Waals surface area contributed by atoms with E-state index in [0.29, 0.717) is 25.2 Å². The molecule has 25 heavy (non-hydrogen) atoms. The fraction of sp³-hybridized carbons (Fsp3) is 0.714. The summed E-state index contributed by atoms with van der Waals surface area (Å²) in [7, 11) is -7.61. The molecule has 7 nitrogen and oxygen atoms in total. The number of hydrogen-bond donors (Lipinski definition) is 2. The van der Waals surface area contributed by atoms with E-state index in [1.165, 1.54) is 10.4 Å². The molecule has 0 bridgehead atoms. The molecule has 1 aromatic rings. The van der Waals surface area contributed by atoms with Crippen molar-refractivity contribution in [1.29, 1.82) is 0 Å². The van der Waals surface area contributed by atoms with Crippen LogP contribution in [0, 0.1) is 0 Å². The minimum atomic E-state index is -3.93. The van der Waals surface area contributed by atoms with Gasteiger partial charge in [-0.1, -0.05) is 13.8 Å². The third-order valence-corrected chi connectivity index (χ3v) is 10.1. The summed E-state index contributed by atoms with van der Waals surface area (Å²) in [6, 6.07) is 1.17. The summed E-state index contributed by atoms with van der Waals surface area (Å²) in [6.07, 6.45) is 1.87. The lowest BCUT2D eigenvalue weighted by atomic mass is 10.1. The Morgan fingerprint density at radius 1 is 1.40 bits per heavy atom. The molecule has 2 rings (SSSR count). The maximum atomic E-state index is 12.9. The van der Waals surface area contributed by atoms with Gasteiger partial charge in [-0.15, -0.1) is 11.3 Å². The Morgan fingerprint density at radius 3 is 2.72 bits per heavy atom. The van der Waals surface area contributed by atoms with Gasteiger partial charge in [-0.2, -0.15) is 16.1 Å². The second kappa shape index (κ2) is 8.68. The predicted molar refractivity (Wildman–Crippen MR) is 103 cm³/mol. The zero-order valence-electron chi connectivity index (χ0n) is 14.4. The zero-order chi connectivity index (χ0) is 18.7. The molecule has 1 unspecified atom stereocenters. The number of thiophene rings is 1. The molecule has 0 saturated carbocycles. The van der Waals surface area contributed by atoms with E-state index >= 15 is 0 Å². The Bertz CT molecular complexity index is 789. The number of sulfonamides is 2. The minimum Gasteiger partial charge on any atom is -0.309 e. The first-order chi connectivity index (χ1) is 11.7. The molecule has 3 N–H and O–H groups in total. The van der Waals surface area contributed by atoms with Gasteiger partial charge < -0.3 is 5.32 Å². The van der Waals surface area contributed by atoms with Gasteiger partial charge in [-0.25, -0.2) is 22.0 Å². The van der Waals surface area contributed by atoms with Crippen LogP contribution in [0.3, 0.4) is 0 Å². The first-order valence-electron chi connectivity index (χ1n) is 8.19. The molecule has 2 heterocycles. The van der Waals surface area contributed by atoms with Crippen LogP contribution in [0.4, 0.5) is 0 Å². The van der Waals surface area contributed by atoms with Gasteiger partial charge in [0.25, 0.3) is 10.0 Å². The molecule has 1 aliphatic heterocycles. The van der Waals surface area contributed by atoms with E-state index in [2.05, 4.69) is 12.2 Å². The SMILES string of the molecule is CCCSCCCN1CC(NCC)c2cc(S(N)(=O)=O)sc2S1(=O)=O. The smallest absolute Gasteiger partial charge is 0.252 e. The number of likely N-dealkylation sites (N-methyl/N-ethyl adjacent to an activating group) is 1. The van der Waals surface area contributed by atoms with E-state index in [1.807, 2.05) is 18.7 Å². The molecular formula is C14H25N3O4S4. The Kier molecular flexibility index (Phi) is 7.34. The Hall–Kier alpha value is -0.170. The van der Waals surface area contributed by atoms with Crippen LogP contribution in [0.25, 0.3) is 0 Å². The van der Waals surface area contributed by atoms with E-state index in [9.17, 15) is 16.8 Å². The molecule has 0 aromatic carbocycles. The molecule has 0 spiro atoms. The number of rotatable bonds is 9. The molecule has 1 aliphatic rings. The van der Waals surface area contributed by atoms with Crippen molar-refractivity contribution in [1.82, 2.24) is 9.62 Å². The van der Waals surface area contributed by atoms with Crippen molar-refractivity contribution < 1.29 is 16.8 Å². The van der Waals surface area contributed by atoms with E-state index < -0.39 is 20.0 Å². The largest absolute Gasteiger partial charge is 0.309 e. The average molecular weight is 428 g/mol. The van der Waals surface area contributed by atoms with E-state index in [4.69, 9.17) is 5.14 Å². The molecule has 11 heteroatoms. The van der Waals surface area contributed by atoms with Crippen LogP contribution in [0.5, 0.6) is 0 Å². The van der Waals surface area contributed by atoms with Crippen LogP contribution in [-0.4, -0.2) is 52.3 Å². The number of fused-ring (bicyclic) bond motifs is 1. The quantitative estimate of drug-likeness (QED) is 0.579. The molecule has 144 valence electrons. The normalized spacial score (nSPS) is 20.5. The van der Waals surface area contributed by atoms with E-state index in [0.717, 1.165) is 35.7 Å². The number of nitrogens with zero attached hydrogens (tertiary/aromatic N) is 1. The van der Waals surface area contributed by atoms with Gasteiger partial charge in [-0.3, -0.25) is 0 Å². The molecular weight excluding hydrogens is 402 g/mol. The lowest BCUT2D eigenvalue weighted by molar-refractivity contribution is 0.345. The van der Waals surface area contributed by atoms with Crippen molar-refractivity contribution >= 4 is 43.1 Å². The number of hydrogen-bond acceptors (Lipinski definition) is 7. The van der Waals surface area contributed by atoms with Gasteiger partial charge in [0, 0.05) is 24.7 Å². The minimum absolute atomic E-state index is 0.0925. The van der Waals surface area contributed by atoms with Gasteiger partial charge >= 0.3 is 0 Å². The molecule has 0 fully saturated rings. The highest BCUT2D eigenvalue weighted by molar-refractivity contribution is 7.99. The highest BCUT2D eigenvalue weighted by Crippen LogP contribution is 2.39. The lowest BCUT2D eigenvalue weighted by Crippen LogP contribution is -2.43. The Labute approximate surface area is 158 Å². The maximum absolute atomic E-state index is 12.9. The van der Waals surface area contributed by atoms with Crippen molar-refractivity contribution in [2.75, 3.05) is 31.1 Å². The van der Waals surface area contributed by atoms with Crippen molar-refractivity contribution in [3.05, 3.63) is 11.6 Å². The summed E-state index contributed by atoms with van der Waals surface area (Å²) in [5, 5.41) is 8.43. The third kappa shape index (κ3) is 4.96. The highest BCUT2D eigenvalue weighted by atomic mass is 32.3. The summed E-state index contributed by atoms with van der Waals surface area (Å²) < 4.78 is 50.5. The average Bonchev–Trinajstić information content (AvgIpc) is 2.98. The van der Waals surface area contributed by atoms with Crippen molar-refractivity contribution in [3.63, 3.8) is 0 Å². The fourth-order valence-electron chi connectivity index (χ4n) is 2.69. The second-order valence-electron chi connectivity index (χ2n) is 5.79. The number of primary sulfonamides is 1. The first kappa shape index (κ1) is 21.1. The van der Waals surface area contributed by atoms with Gasteiger partial charge in [-0.05, 0) is 37.0 Å². The lowest BCUT2D eigenvalue weighted by Gasteiger charge is -2.32. The number of nitrogens with one attached hydrogen (secondary N) is 1. The van der Waals surface area contributed by atoms with Gasteiger partial charge in [0.15, 0.2) is 0 Å². The van der Waals surface area contributed by atoms with Crippen molar-refractivity contribution in [2.45, 2.75) is 41.1 Å². The maximum Gasteiger partial charge on any atom is 0.252 e. The number of nitrogens with two attached hydrogens (primary N) is 1. The predicted octanol–water partition coefficient (Wildman–Crippen LogP) is 1.58. The highest BCUT2D eigenvalue weighted by Gasteiger charge is 2.39. The van der Waals surface area contributed by atoms with Gasteiger partial charge in [0.1, 0.15) is 8.42 Å². The van der Waals surface area contributed by atoms with Crippen molar-refractivity contribution in [3.8, 4) is 0 Å². The summed E-state index contributed by atoms with van der Waals surface area (Å²) in [4.78, 5) is 0. The first-order valence-corrected chi connectivity index (χ1v) is 13.1. The van der Waals surface area contributed by atoms with Crippen LogP contribution in [-0.2, 0) is 20.0 Å². The molecule has 0 radical (unpaired) electrons. The monoisotopic (exact) mass is 427 g/mol. The standard InChI is InChI=1S/C14H25N3O4S4/c1-3-7-22-8-5-6-17-10-12(16-4-2)11-9-13(24(15,18)19)23-14(11)25(17,20)21/h9,12,16H,3-8,10H2,1-2H3,(H2,15,18,19). The molecule has 1 atom stereocenters. The van der Waals surface area contributed by atoms with E-state index in [-0.39, 0.29) is 14.5 Å². The Morgan fingerprint density at radius 2 is 2.12 bits per heavy atom. The third-order valence-electron chi connectivity index (χ3n) is 3.81. The van der Waals surface area contributed by atoms with Crippen LogP contribution >= 0.6 is 23.1 Å². The topological polar surface area (TPSA) is 110 Å². The van der Waals surface area contributed by atoms with E-state index in [1.54, 1.807) is 0 Å². The number of thioether (sulfide) groups is 1. The fourth-order valence-corrected chi connectivity index (χ4v) is 7.82. The van der Waals surface area contributed by atoms with Crippen LogP contribution in [0.1, 0.15) is 38.3 Å². The van der Waals surface area contributed by atoms with Crippen LogP contribution < -0.4 is 10.5 Å². The Balaban J connectivity index is 2.27. The summed E-state index contributed by atoms with van der Waals surface area (Å²) in [6.45, 7) is 5.45. The molecule has 0 aliphatic carbocycles. The summed E-state index contributed by atoms with van der Waals surface area (Å²) in [5.41, 5.74) is 0.507. The zero-order valence-corrected chi connectivity index (χ0v) is 17.7. The van der Waals surface area contributed by atoms with Gasteiger partial charge in [0.05, 0.1) is 0 Å². The molecule has 0 amide bonds.